The first-order valence-electron chi connectivity index (χ1n) is 7.68. The highest BCUT2D eigenvalue weighted by Crippen LogP contribution is 2.29. The standard InChI is InChI=1S/C17H28N2/c1-4-5-10-19(15-8-9-15)12-17(18)16-11-13(2)6-7-14(16)3/h6-7,11,15,17H,4-5,8-10,12,18H2,1-3H3. The fourth-order valence-corrected chi connectivity index (χ4v) is 2.73. The molecule has 0 bridgehead atoms. The van der Waals surface area contributed by atoms with Gasteiger partial charge in [-0.3, -0.25) is 4.90 Å². The smallest absolute Gasteiger partial charge is 0.0427 e. The predicted molar refractivity (Wildman–Crippen MR) is 82.3 cm³/mol. The van der Waals surface area contributed by atoms with Crippen LogP contribution in [0, 0.1) is 13.8 Å². The van der Waals surface area contributed by atoms with Crippen LogP contribution in [0.2, 0.25) is 0 Å². The maximum Gasteiger partial charge on any atom is 0.0427 e. The molecule has 2 nitrogen and oxygen atoms in total. The van der Waals surface area contributed by atoms with E-state index in [1.807, 2.05) is 0 Å². The Kier molecular flexibility index (Phi) is 5.00. The lowest BCUT2D eigenvalue weighted by Gasteiger charge is -2.26. The van der Waals surface area contributed by atoms with Gasteiger partial charge in [0.1, 0.15) is 0 Å². The van der Waals surface area contributed by atoms with E-state index >= 15 is 0 Å². The van der Waals surface area contributed by atoms with E-state index in [1.165, 1.54) is 48.9 Å². The average Bonchev–Trinajstić information content (AvgIpc) is 3.21. The molecule has 0 radical (unpaired) electrons. The largest absolute Gasteiger partial charge is 0.323 e. The summed E-state index contributed by atoms with van der Waals surface area (Å²) in [5.74, 6) is 0. The van der Waals surface area contributed by atoms with E-state index in [-0.39, 0.29) is 6.04 Å². The molecule has 1 aliphatic rings. The molecule has 0 spiro atoms. The molecule has 0 aromatic heterocycles. The van der Waals surface area contributed by atoms with E-state index in [0.29, 0.717) is 0 Å². The molecule has 1 aromatic carbocycles. The van der Waals surface area contributed by atoms with Crippen molar-refractivity contribution < 1.29 is 0 Å². The summed E-state index contributed by atoms with van der Waals surface area (Å²) in [4.78, 5) is 2.61. The van der Waals surface area contributed by atoms with Crippen molar-refractivity contribution in [1.29, 1.82) is 0 Å². The molecule has 1 unspecified atom stereocenters. The van der Waals surface area contributed by atoms with Crippen LogP contribution in [0.3, 0.4) is 0 Å². The SMILES string of the molecule is CCCCN(CC(N)c1cc(C)ccc1C)C1CC1. The van der Waals surface area contributed by atoms with E-state index in [9.17, 15) is 0 Å². The van der Waals surface area contributed by atoms with E-state index in [1.54, 1.807) is 0 Å². The maximum atomic E-state index is 6.46. The topological polar surface area (TPSA) is 29.3 Å². The highest BCUT2D eigenvalue weighted by molar-refractivity contribution is 5.33. The minimum atomic E-state index is 0.150. The molecule has 1 aromatic rings. The van der Waals surface area contributed by atoms with Crippen molar-refractivity contribution >= 4 is 0 Å². The van der Waals surface area contributed by atoms with Crippen LogP contribution in [-0.2, 0) is 0 Å². The van der Waals surface area contributed by atoms with Gasteiger partial charge >= 0.3 is 0 Å². The molecule has 0 aliphatic heterocycles. The molecule has 1 atom stereocenters. The molecular weight excluding hydrogens is 232 g/mol. The fraction of sp³-hybridized carbons (Fsp3) is 0.647. The van der Waals surface area contributed by atoms with Gasteiger partial charge in [-0.15, -0.1) is 0 Å². The van der Waals surface area contributed by atoms with Crippen LogP contribution in [0.4, 0.5) is 0 Å². The van der Waals surface area contributed by atoms with Crippen LogP contribution < -0.4 is 5.73 Å². The second-order valence-corrected chi connectivity index (χ2v) is 6.05. The minimum Gasteiger partial charge on any atom is -0.323 e. The van der Waals surface area contributed by atoms with Crippen molar-refractivity contribution in [3.63, 3.8) is 0 Å². The molecule has 19 heavy (non-hydrogen) atoms. The molecule has 1 aliphatic carbocycles. The van der Waals surface area contributed by atoms with Crippen molar-refractivity contribution in [2.24, 2.45) is 5.73 Å². The van der Waals surface area contributed by atoms with Gasteiger partial charge in [-0.25, -0.2) is 0 Å². The zero-order valence-corrected chi connectivity index (χ0v) is 12.7. The molecule has 2 heteroatoms. The zero-order chi connectivity index (χ0) is 13.8. The normalized spacial score (nSPS) is 16.9. The Morgan fingerprint density at radius 3 is 2.68 bits per heavy atom. The summed E-state index contributed by atoms with van der Waals surface area (Å²) in [5, 5.41) is 0. The number of unbranched alkanes of at least 4 members (excludes halogenated alkanes) is 1. The van der Waals surface area contributed by atoms with Gasteiger partial charge in [0.05, 0.1) is 0 Å². The van der Waals surface area contributed by atoms with E-state index in [2.05, 4.69) is 43.9 Å². The fourth-order valence-electron chi connectivity index (χ4n) is 2.73. The van der Waals surface area contributed by atoms with Gasteiger partial charge in [-0.2, -0.15) is 0 Å². The predicted octanol–water partition coefficient (Wildman–Crippen LogP) is 3.57. The van der Waals surface area contributed by atoms with Crippen LogP contribution in [0.15, 0.2) is 18.2 Å². The number of hydrogen-bond donors (Lipinski definition) is 1. The van der Waals surface area contributed by atoms with Gasteiger partial charge in [0.2, 0.25) is 0 Å². The van der Waals surface area contributed by atoms with Crippen molar-refractivity contribution in [2.45, 2.75) is 58.5 Å². The van der Waals surface area contributed by atoms with E-state index < -0.39 is 0 Å². The third-order valence-corrected chi connectivity index (χ3v) is 4.13. The second kappa shape index (κ2) is 6.53. The summed E-state index contributed by atoms with van der Waals surface area (Å²) in [6, 6.07) is 7.57. The number of aryl methyl sites for hydroxylation is 2. The Labute approximate surface area is 118 Å². The Balaban J connectivity index is 2.01. The van der Waals surface area contributed by atoms with Crippen LogP contribution in [-0.4, -0.2) is 24.0 Å². The highest BCUT2D eigenvalue weighted by Gasteiger charge is 2.29. The number of nitrogens with zero attached hydrogens (tertiary/aromatic N) is 1. The van der Waals surface area contributed by atoms with Crippen molar-refractivity contribution in [2.75, 3.05) is 13.1 Å². The van der Waals surface area contributed by atoms with Gasteiger partial charge in [-0.1, -0.05) is 37.1 Å². The third-order valence-electron chi connectivity index (χ3n) is 4.13. The Morgan fingerprint density at radius 2 is 2.05 bits per heavy atom. The van der Waals surface area contributed by atoms with E-state index in [4.69, 9.17) is 5.73 Å². The van der Waals surface area contributed by atoms with Crippen molar-refractivity contribution in [1.82, 2.24) is 4.90 Å². The van der Waals surface area contributed by atoms with Gasteiger partial charge in [0, 0.05) is 18.6 Å². The first-order valence-corrected chi connectivity index (χ1v) is 7.68. The lowest BCUT2D eigenvalue weighted by atomic mass is 9.99. The van der Waals surface area contributed by atoms with Crippen LogP contribution >= 0.6 is 0 Å². The van der Waals surface area contributed by atoms with Gasteiger partial charge < -0.3 is 5.73 Å². The quantitative estimate of drug-likeness (QED) is 0.812. The average molecular weight is 260 g/mol. The summed E-state index contributed by atoms with van der Waals surface area (Å²) in [6.45, 7) is 8.79. The summed E-state index contributed by atoms with van der Waals surface area (Å²) in [6.07, 6.45) is 5.28. The van der Waals surface area contributed by atoms with Gasteiger partial charge in [-0.05, 0) is 50.8 Å². The zero-order valence-electron chi connectivity index (χ0n) is 12.7. The monoisotopic (exact) mass is 260 g/mol. The van der Waals surface area contributed by atoms with Crippen LogP contribution in [0.1, 0.15) is 55.3 Å². The number of rotatable bonds is 7. The van der Waals surface area contributed by atoms with Gasteiger partial charge in [0.25, 0.3) is 0 Å². The van der Waals surface area contributed by atoms with Crippen molar-refractivity contribution in [3.8, 4) is 0 Å². The number of benzene rings is 1. The first kappa shape index (κ1) is 14.5. The summed E-state index contributed by atoms with van der Waals surface area (Å²) in [5.41, 5.74) is 10.4. The second-order valence-electron chi connectivity index (χ2n) is 6.05. The molecule has 2 rings (SSSR count). The minimum absolute atomic E-state index is 0.150. The molecule has 0 saturated heterocycles. The van der Waals surface area contributed by atoms with Crippen LogP contribution in [0.25, 0.3) is 0 Å². The maximum absolute atomic E-state index is 6.46. The summed E-state index contributed by atoms with van der Waals surface area (Å²) < 4.78 is 0. The Hall–Kier alpha value is -0.860. The summed E-state index contributed by atoms with van der Waals surface area (Å²) in [7, 11) is 0. The lowest BCUT2D eigenvalue weighted by molar-refractivity contribution is 0.243. The number of hydrogen-bond acceptors (Lipinski definition) is 2. The molecule has 0 amide bonds. The molecule has 2 N–H and O–H groups in total. The Bertz CT molecular complexity index is 410. The Morgan fingerprint density at radius 1 is 1.32 bits per heavy atom. The third kappa shape index (κ3) is 4.05. The van der Waals surface area contributed by atoms with Crippen LogP contribution in [0.5, 0.6) is 0 Å². The molecule has 106 valence electrons. The van der Waals surface area contributed by atoms with E-state index in [0.717, 1.165) is 12.6 Å². The number of nitrogens with two attached hydrogens (primary N) is 1. The molecule has 1 fully saturated rings. The summed E-state index contributed by atoms with van der Waals surface area (Å²) >= 11 is 0. The van der Waals surface area contributed by atoms with Crippen molar-refractivity contribution in [3.05, 3.63) is 34.9 Å². The highest BCUT2D eigenvalue weighted by atomic mass is 15.2. The lowest BCUT2D eigenvalue weighted by Crippen LogP contribution is -2.35. The van der Waals surface area contributed by atoms with Gasteiger partial charge in [0.15, 0.2) is 0 Å². The molecule has 1 saturated carbocycles. The molecule has 0 heterocycles. The first-order chi connectivity index (χ1) is 9.11. The molecular formula is C17H28N2.